The van der Waals surface area contributed by atoms with Gasteiger partial charge in [-0.15, -0.1) is 5.11 Å². The molecule has 31 heavy (non-hydrogen) atoms. The number of Topliss-reactive ketones (excluding diaryl/α,β-unsaturated/α-hetero) is 1. The van der Waals surface area contributed by atoms with Crippen molar-refractivity contribution in [3.05, 3.63) is 34.3 Å². The van der Waals surface area contributed by atoms with Gasteiger partial charge < -0.3 is 24.3 Å². The van der Waals surface area contributed by atoms with Crippen LogP contribution in [-0.2, 0) is 9.59 Å². The molecular formula is C20H21Cl2N3O6. The molecule has 0 aliphatic rings. The molecule has 2 aromatic carbocycles. The zero-order chi connectivity index (χ0) is 23.1. The summed E-state index contributed by atoms with van der Waals surface area (Å²) in [7, 11) is 5.66. The molecule has 2 rings (SSSR count). The first kappa shape index (κ1) is 24.2. The van der Waals surface area contributed by atoms with E-state index in [2.05, 4.69) is 15.5 Å². The smallest absolute Gasteiger partial charge is 0.258 e. The lowest BCUT2D eigenvalue weighted by Gasteiger charge is -2.16. The van der Waals surface area contributed by atoms with Crippen molar-refractivity contribution in [1.82, 2.24) is 0 Å². The van der Waals surface area contributed by atoms with Gasteiger partial charge in [0, 0.05) is 0 Å². The Bertz CT molecular complexity index is 1010. The average molecular weight is 470 g/mol. The predicted octanol–water partition coefficient (Wildman–Crippen LogP) is 4.71. The first-order valence-corrected chi connectivity index (χ1v) is 9.57. The molecule has 1 amide bonds. The highest BCUT2D eigenvalue weighted by Crippen LogP contribution is 2.43. The Balaban J connectivity index is 2.39. The molecule has 0 saturated heterocycles. The number of amides is 1. The number of carbonyl (C=O) groups excluding carboxylic acids is 2. The second kappa shape index (κ2) is 10.8. The molecule has 1 unspecified atom stereocenters. The first-order chi connectivity index (χ1) is 14.8. The Morgan fingerprint density at radius 1 is 0.871 bits per heavy atom. The van der Waals surface area contributed by atoms with E-state index in [1.165, 1.54) is 53.6 Å². The van der Waals surface area contributed by atoms with Gasteiger partial charge in [-0.2, -0.15) is 5.11 Å². The Morgan fingerprint density at radius 3 is 2.03 bits per heavy atom. The van der Waals surface area contributed by atoms with Gasteiger partial charge in [-0.3, -0.25) is 9.59 Å². The number of anilines is 1. The fourth-order valence-corrected chi connectivity index (χ4v) is 3.06. The number of hydrogen-bond acceptors (Lipinski definition) is 8. The number of benzene rings is 2. The SMILES string of the molecule is COc1ccc(Cl)c(N=NC(C(C)=O)C(=O)Nc2ccc(Cl)c(OC)c2OC)c1OC. The van der Waals surface area contributed by atoms with Crippen LogP contribution < -0.4 is 24.3 Å². The summed E-state index contributed by atoms with van der Waals surface area (Å²) in [4.78, 5) is 24.9. The Morgan fingerprint density at radius 2 is 1.48 bits per heavy atom. The highest BCUT2D eigenvalue weighted by Gasteiger charge is 2.26. The van der Waals surface area contributed by atoms with E-state index in [9.17, 15) is 9.59 Å². The van der Waals surface area contributed by atoms with E-state index in [1.807, 2.05) is 0 Å². The predicted molar refractivity (Wildman–Crippen MR) is 117 cm³/mol. The van der Waals surface area contributed by atoms with Crippen LogP contribution in [0.4, 0.5) is 11.4 Å². The van der Waals surface area contributed by atoms with Gasteiger partial charge in [0.15, 0.2) is 28.8 Å². The summed E-state index contributed by atoms with van der Waals surface area (Å²) in [5, 5.41) is 11.0. The zero-order valence-electron chi connectivity index (χ0n) is 17.5. The topological polar surface area (TPSA) is 108 Å². The van der Waals surface area contributed by atoms with Crippen molar-refractivity contribution < 1.29 is 28.5 Å². The van der Waals surface area contributed by atoms with E-state index in [0.29, 0.717) is 10.8 Å². The normalized spacial score (nSPS) is 11.7. The lowest BCUT2D eigenvalue weighted by Crippen LogP contribution is -2.32. The quantitative estimate of drug-likeness (QED) is 0.420. The molecule has 0 radical (unpaired) electrons. The molecule has 0 fully saturated rings. The molecule has 0 aliphatic carbocycles. The highest BCUT2D eigenvalue weighted by molar-refractivity contribution is 6.33. The molecule has 0 bridgehead atoms. The van der Waals surface area contributed by atoms with Crippen molar-refractivity contribution in [3.63, 3.8) is 0 Å². The third-order valence-corrected chi connectivity index (χ3v) is 4.71. The molecule has 0 heterocycles. The van der Waals surface area contributed by atoms with Crippen LogP contribution in [0.15, 0.2) is 34.5 Å². The van der Waals surface area contributed by atoms with Gasteiger partial charge in [0.25, 0.3) is 5.91 Å². The van der Waals surface area contributed by atoms with Crippen LogP contribution in [0.3, 0.4) is 0 Å². The maximum Gasteiger partial charge on any atom is 0.258 e. The summed E-state index contributed by atoms with van der Waals surface area (Å²) in [6.45, 7) is 1.22. The third kappa shape index (κ3) is 5.36. The minimum atomic E-state index is -1.46. The Labute approximate surface area is 189 Å². The second-order valence-corrected chi connectivity index (χ2v) is 6.83. The standard InChI is InChI=1S/C20H21Cl2N3O6/c1-10(26)15(24-25-16-11(21)7-9-14(28-2)19(16)31-5)20(27)23-13-8-6-12(22)17(29-3)18(13)30-4/h6-9,15H,1-5H3,(H,23,27). The molecule has 0 aromatic heterocycles. The summed E-state index contributed by atoms with van der Waals surface area (Å²) >= 11 is 12.3. The van der Waals surface area contributed by atoms with Crippen LogP contribution in [-0.4, -0.2) is 46.2 Å². The molecular weight excluding hydrogens is 449 g/mol. The minimum absolute atomic E-state index is 0.119. The molecule has 0 saturated carbocycles. The van der Waals surface area contributed by atoms with Gasteiger partial charge >= 0.3 is 0 Å². The van der Waals surface area contributed by atoms with Gasteiger partial charge in [-0.05, 0) is 31.2 Å². The summed E-state index contributed by atoms with van der Waals surface area (Å²) < 4.78 is 21.0. The lowest BCUT2D eigenvalue weighted by atomic mass is 10.2. The van der Waals surface area contributed by atoms with Crippen molar-refractivity contribution >= 4 is 46.3 Å². The third-order valence-electron chi connectivity index (χ3n) is 4.11. The number of nitrogens with one attached hydrogen (secondary N) is 1. The maximum atomic E-state index is 12.8. The van der Waals surface area contributed by atoms with Crippen molar-refractivity contribution in [2.24, 2.45) is 10.2 Å². The second-order valence-electron chi connectivity index (χ2n) is 6.01. The molecule has 166 valence electrons. The minimum Gasteiger partial charge on any atom is -0.493 e. The molecule has 0 aliphatic heterocycles. The fourth-order valence-electron chi connectivity index (χ4n) is 2.64. The number of azo groups is 1. The van der Waals surface area contributed by atoms with Gasteiger partial charge in [0.1, 0.15) is 5.69 Å². The Hall–Kier alpha value is -3.04. The number of nitrogens with zero attached hydrogens (tertiary/aromatic N) is 2. The monoisotopic (exact) mass is 469 g/mol. The maximum absolute atomic E-state index is 12.8. The number of halogens is 2. The van der Waals surface area contributed by atoms with Gasteiger partial charge in [-0.25, -0.2) is 0 Å². The molecule has 11 heteroatoms. The fraction of sp³-hybridized carbons (Fsp3) is 0.300. The summed E-state index contributed by atoms with van der Waals surface area (Å²) in [6, 6.07) is 4.69. The molecule has 1 N–H and O–H groups in total. The number of ether oxygens (including phenoxy) is 4. The van der Waals surface area contributed by atoms with Crippen LogP contribution in [0.1, 0.15) is 6.92 Å². The number of methoxy groups -OCH3 is 4. The Kier molecular flexibility index (Phi) is 8.47. The largest absolute Gasteiger partial charge is 0.493 e. The van der Waals surface area contributed by atoms with Gasteiger partial charge in [-0.1, -0.05) is 23.2 Å². The highest BCUT2D eigenvalue weighted by atomic mass is 35.5. The molecule has 0 spiro atoms. The number of rotatable bonds is 9. The molecule has 1 atom stereocenters. The first-order valence-electron chi connectivity index (χ1n) is 8.82. The van der Waals surface area contributed by atoms with E-state index in [0.717, 1.165) is 0 Å². The number of ketones is 1. The van der Waals surface area contributed by atoms with Crippen LogP contribution in [0, 0.1) is 0 Å². The van der Waals surface area contributed by atoms with E-state index in [4.69, 9.17) is 42.1 Å². The zero-order valence-corrected chi connectivity index (χ0v) is 19.0. The van der Waals surface area contributed by atoms with Crippen LogP contribution in [0.2, 0.25) is 10.0 Å². The molecule has 2 aromatic rings. The van der Waals surface area contributed by atoms with Crippen molar-refractivity contribution in [3.8, 4) is 23.0 Å². The van der Waals surface area contributed by atoms with Gasteiger partial charge in [0.2, 0.25) is 6.04 Å². The summed E-state index contributed by atoms with van der Waals surface area (Å²) in [6.07, 6.45) is 0. The van der Waals surface area contributed by atoms with Gasteiger partial charge in [0.05, 0.1) is 44.2 Å². The van der Waals surface area contributed by atoms with Crippen molar-refractivity contribution in [2.45, 2.75) is 13.0 Å². The van der Waals surface area contributed by atoms with E-state index < -0.39 is 17.7 Å². The lowest BCUT2D eigenvalue weighted by molar-refractivity contribution is -0.126. The summed E-state index contributed by atoms with van der Waals surface area (Å²) in [5.41, 5.74) is 0.362. The van der Waals surface area contributed by atoms with Crippen LogP contribution >= 0.6 is 23.2 Å². The summed E-state index contributed by atoms with van der Waals surface area (Å²) in [5.74, 6) is -0.278. The van der Waals surface area contributed by atoms with E-state index in [-0.39, 0.29) is 33.6 Å². The van der Waals surface area contributed by atoms with Crippen LogP contribution in [0.25, 0.3) is 0 Å². The van der Waals surface area contributed by atoms with Crippen LogP contribution in [0.5, 0.6) is 23.0 Å². The van der Waals surface area contributed by atoms with Crippen molar-refractivity contribution in [2.75, 3.05) is 33.8 Å². The van der Waals surface area contributed by atoms with E-state index >= 15 is 0 Å². The molecule has 9 nitrogen and oxygen atoms in total. The number of hydrogen-bond donors (Lipinski definition) is 1. The van der Waals surface area contributed by atoms with Crippen molar-refractivity contribution in [1.29, 1.82) is 0 Å². The number of carbonyl (C=O) groups is 2. The average Bonchev–Trinajstić information content (AvgIpc) is 2.75. The van der Waals surface area contributed by atoms with E-state index in [1.54, 1.807) is 6.07 Å².